The van der Waals surface area contributed by atoms with Crippen molar-refractivity contribution in [3.05, 3.63) is 47.0 Å². The van der Waals surface area contributed by atoms with Crippen molar-refractivity contribution < 1.29 is 9.18 Å². The van der Waals surface area contributed by atoms with E-state index in [-0.39, 0.29) is 11.7 Å². The van der Waals surface area contributed by atoms with E-state index in [0.29, 0.717) is 37.3 Å². The van der Waals surface area contributed by atoms with Crippen LogP contribution in [0.25, 0.3) is 0 Å². The fraction of sp³-hybridized carbons (Fsp3) is 0.500. The van der Waals surface area contributed by atoms with Crippen LogP contribution in [0.5, 0.6) is 0 Å². The highest BCUT2D eigenvalue weighted by molar-refractivity contribution is 5.94. The molecule has 0 aliphatic carbocycles. The Bertz CT molecular complexity index is 889. The SMILES string of the molecule is Cc1nc(N2CCCCC2)cc(N2CCN(C(=O)c3ccc(C)c(F)c3)CC2)n1. The van der Waals surface area contributed by atoms with Crippen molar-refractivity contribution in [2.45, 2.75) is 33.1 Å². The number of rotatable bonds is 3. The van der Waals surface area contributed by atoms with Gasteiger partial charge < -0.3 is 14.7 Å². The van der Waals surface area contributed by atoms with E-state index in [4.69, 9.17) is 0 Å². The number of carbonyl (C=O) groups is 1. The lowest BCUT2D eigenvalue weighted by Gasteiger charge is -2.36. The fourth-order valence-corrected chi connectivity index (χ4v) is 4.03. The predicted octanol–water partition coefficient (Wildman–Crippen LogP) is 3.19. The maximum Gasteiger partial charge on any atom is 0.254 e. The van der Waals surface area contributed by atoms with Crippen LogP contribution in [0, 0.1) is 19.7 Å². The molecule has 0 saturated carbocycles. The molecule has 0 N–H and O–H groups in total. The smallest absolute Gasteiger partial charge is 0.254 e. The largest absolute Gasteiger partial charge is 0.356 e. The van der Waals surface area contributed by atoms with E-state index in [1.807, 2.05) is 6.92 Å². The van der Waals surface area contributed by atoms with Gasteiger partial charge in [-0.3, -0.25) is 4.79 Å². The Labute approximate surface area is 171 Å². The molecule has 154 valence electrons. The quantitative estimate of drug-likeness (QED) is 0.796. The molecule has 4 rings (SSSR count). The van der Waals surface area contributed by atoms with Crippen LogP contribution >= 0.6 is 0 Å². The number of benzene rings is 1. The zero-order valence-electron chi connectivity index (χ0n) is 17.2. The maximum atomic E-state index is 13.8. The van der Waals surface area contributed by atoms with Gasteiger partial charge in [-0.2, -0.15) is 0 Å². The number of nitrogens with zero attached hydrogens (tertiary/aromatic N) is 5. The van der Waals surface area contributed by atoms with Gasteiger partial charge in [0, 0.05) is 50.9 Å². The standard InChI is InChI=1S/C22H28FN5O/c1-16-6-7-18(14-19(16)23)22(29)28-12-10-27(11-13-28)21-15-20(24-17(2)25-21)26-8-4-3-5-9-26/h6-7,14-15H,3-5,8-13H2,1-2H3. The van der Waals surface area contributed by atoms with Gasteiger partial charge in [0.15, 0.2) is 0 Å². The molecule has 2 aliphatic heterocycles. The molecule has 1 amide bonds. The first-order valence-electron chi connectivity index (χ1n) is 10.4. The second-order valence-corrected chi connectivity index (χ2v) is 7.92. The number of carbonyl (C=O) groups excluding carboxylic acids is 1. The number of hydrogen-bond donors (Lipinski definition) is 0. The molecule has 0 spiro atoms. The monoisotopic (exact) mass is 397 g/mol. The molecule has 0 unspecified atom stereocenters. The van der Waals surface area contributed by atoms with Crippen molar-refractivity contribution in [1.29, 1.82) is 0 Å². The minimum Gasteiger partial charge on any atom is -0.356 e. The molecular formula is C22H28FN5O. The molecule has 0 atom stereocenters. The number of piperidine rings is 1. The van der Waals surface area contributed by atoms with Gasteiger partial charge in [-0.15, -0.1) is 0 Å². The van der Waals surface area contributed by atoms with Crippen LogP contribution in [0.1, 0.15) is 41.0 Å². The van der Waals surface area contributed by atoms with Gasteiger partial charge in [-0.05, 0) is 50.8 Å². The molecule has 6 nitrogen and oxygen atoms in total. The van der Waals surface area contributed by atoms with Crippen LogP contribution < -0.4 is 9.80 Å². The molecule has 1 aromatic heterocycles. The fourth-order valence-electron chi connectivity index (χ4n) is 4.03. The van der Waals surface area contributed by atoms with Crippen LogP contribution in [0.15, 0.2) is 24.3 Å². The summed E-state index contributed by atoms with van der Waals surface area (Å²) in [4.78, 5) is 28.3. The first-order valence-corrected chi connectivity index (χ1v) is 10.4. The zero-order valence-corrected chi connectivity index (χ0v) is 17.2. The Morgan fingerprint density at radius 2 is 1.48 bits per heavy atom. The van der Waals surface area contributed by atoms with Crippen molar-refractivity contribution in [1.82, 2.24) is 14.9 Å². The van der Waals surface area contributed by atoms with Gasteiger partial charge in [-0.25, -0.2) is 14.4 Å². The molecule has 2 fully saturated rings. The summed E-state index contributed by atoms with van der Waals surface area (Å²) in [5, 5.41) is 0. The minimum absolute atomic E-state index is 0.114. The Morgan fingerprint density at radius 1 is 0.862 bits per heavy atom. The van der Waals surface area contributed by atoms with E-state index in [1.165, 1.54) is 25.3 Å². The summed E-state index contributed by atoms with van der Waals surface area (Å²) in [6, 6.07) is 6.77. The highest BCUT2D eigenvalue weighted by Gasteiger charge is 2.24. The van der Waals surface area contributed by atoms with Crippen LogP contribution in [0.4, 0.5) is 16.0 Å². The Kier molecular flexibility index (Phi) is 5.65. The highest BCUT2D eigenvalue weighted by atomic mass is 19.1. The van der Waals surface area contributed by atoms with Crippen molar-refractivity contribution in [3.8, 4) is 0 Å². The van der Waals surface area contributed by atoms with Gasteiger partial charge >= 0.3 is 0 Å². The second-order valence-electron chi connectivity index (χ2n) is 7.92. The molecule has 3 heterocycles. The summed E-state index contributed by atoms with van der Waals surface area (Å²) >= 11 is 0. The van der Waals surface area contributed by atoms with E-state index in [9.17, 15) is 9.18 Å². The number of halogens is 1. The summed E-state index contributed by atoms with van der Waals surface area (Å²) in [7, 11) is 0. The third-order valence-electron chi connectivity index (χ3n) is 5.80. The van der Waals surface area contributed by atoms with Crippen LogP contribution in [-0.4, -0.2) is 60.0 Å². The third-order valence-corrected chi connectivity index (χ3v) is 5.80. The Balaban J connectivity index is 1.43. The van der Waals surface area contributed by atoms with Crippen molar-refractivity contribution in [3.63, 3.8) is 0 Å². The van der Waals surface area contributed by atoms with Crippen molar-refractivity contribution in [2.24, 2.45) is 0 Å². The Morgan fingerprint density at radius 3 is 2.10 bits per heavy atom. The van der Waals surface area contributed by atoms with Crippen LogP contribution in [0.2, 0.25) is 0 Å². The number of hydrogen-bond acceptors (Lipinski definition) is 5. The average molecular weight is 397 g/mol. The summed E-state index contributed by atoms with van der Waals surface area (Å²) in [5.41, 5.74) is 0.960. The number of piperazine rings is 1. The number of aryl methyl sites for hydroxylation is 2. The van der Waals surface area contributed by atoms with Gasteiger partial charge in [0.05, 0.1) is 0 Å². The molecule has 29 heavy (non-hydrogen) atoms. The van der Waals surface area contributed by atoms with Gasteiger partial charge in [0.1, 0.15) is 23.3 Å². The maximum absolute atomic E-state index is 13.8. The number of anilines is 2. The average Bonchev–Trinajstić information content (AvgIpc) is 2.75. The summed E-state index contributed by atoms with van der Waals surface area (Å²) in [6.07, 6.45) is 3.70. The predicted molar refractivity (Wildman–Crippen MR) is 112 cm³/mol. The highest BCUT2D eigenvalue weighted by Crippen LogP contribution is 2.23. The lowest BCUT2D eigenvalue weighted by Crippen LogP contribution is -2.49. The molecule has 2 saturated heterocycles. The van der Waals surface area contributed by atoms with Crippen molar-refractivity contribution >= 4 is 17.5 Å². The van der Waals surface area contributed by atoms with Crippen molar-refractivity contribution in [2.75, 3.05) is 49.1 Å². The summed E-state index contributed by atoms with van der Waals surface area (Å²) < 4.78 is 13.8. The molecular weight excluding hydrogens is 369 g/mol. The molecule has 0 radical (unpaired) electrons. The topological polar surface area (TPSA) is 52.6 Å². The number of aromatic nitrogens is 2. The molecule has 2 aliphatic rings. The molecule has 2 aromatic rings. The van der Waals surface area contributed by atoms with E-state index < -0.39 is 0 Å². The lowest BCUT2D eigenvalue weighted by molar-refractivity contribution is 0.0746. The van der Waals surface area contributed by atoms with Gasteiger partial charge in [-0.1, -0.05) is 6.07 Å². The van der Waals surface area contributed by atoms with E-state index in [0.717, 1.165) is 30.5 Å². The second kappa shape index (κ2) is 8.35. The molecule has 0 bridgehead atoms. The zero-order chi connectivity index (χ0) is 20.4. The minimum atomic E-state index is -0.337. The summed E-state index contributed by atoms with van der Waals surface area (Å²) in [6.45, 7) is 8.32. The van der Waals surface area contributed by atoms with E-state index in [2.05, 4.69) is 25.8 Å². The van der Waals surface area contributed by atoms with Gasteiger partial charge in [0.25, 0.3) is 5.91 Å². The van der Waals surface area contributed by atoms with Crippen LogP contribution in [-0.2, 0) is 0 Å². The molecule has 7 heteroatoms. The normalized spacial score (nSPS) is 17.6. The van der Waals surface area contributed by atoms with Gasteiger partial charge in [0.2, 0.25) is 0 Å². The molecule has 1 aromatic carbocycles. The first-order chi connectivity index (χ1) is 14.0. The Hall–Kier alpha value is -2.70. The van der Waals surface area contributed by atoms with E-state index in [1.54, 1.807) is 24.0 Å². The van der Waals surface area contributed by atoms with E-state index >= 15 is 0 Å². The third kappa shape index (κ3) is 4.33. The lowest BCUT2D eigenvalue weighted by atomic mass is 10.1. The number of amides is 1. The summed E-state index contributed by atoms with van der Waals surface area (Å²) in [5.74, 6) is 2.25. The van der Waals surface area contributed by atoms with Crippen LogP contribution in [0.3, 0.4) is 0 Å². The first kappa shape index (κ1) is 19.6.